The standard InChI is InChI=1S/C18H29ClFN3O/c1-18(2,15-9-8-14(20)12-16(15)19)13-23-17(21-3)22-10-6-5-7-11-24-4/h8-9,12H,5-7,10-11,13H2,1-4H3,(H2,21,22,23). The topological polar surface area (TPSA) is 45.7 Å². The Morgan fingerprint density at radius 2 is 2.00 bits per heavy atom. The van der Waals surface area contributed by atoms with Crippen LogP contribution in [0.3, 0.4) is 0 Å². The zero-order valence-electron chi connectivity index (χ0n) is 15.1. The smallest absolute Gasteiger partial charge is 0.191 e. The minimum atomic E-state index is -0.321. The number of methoxy groups -OCH3 is 1. The van der Waals surface area contributed by atoms with E-state index in [0.717, 1.165) is 43.9 Å². The molecule has 2 N–H and O–H groups in total. The molecule has 0 aliphatic carbocycles. The summed E-state index contributed by atoms with van der Waals surface area (Å²) in [6.07, 6.45) is 3.26. The van der Waals surface area contributed by atoms with E-state index in [1.807, 2.05) is 0 Å². The van der Waals surface area contributed by atoms with Crippen molar-refractivity contribution in [2.45, 2.75) is 38.5 Å². The number of benzene rings is 1. The molecule has 0 aromatic heterocycles. The summed E-state index contributed by atoms with van der Waals surface area (Å²) >= 11 is 6.18. The average molecular weight is 358 g/mol. The fourth-order valence-corrected chi connectivity index (χ4v) is 2.84. The van der Waals surface area contributed by atoms with E-state index < -0.39 is 0 Å². The van der Waals surface area contributed by atoms with E-state index in [0.29, 0.717) is 11.6 Å². The summed E-state index contributed by atoms with van der Waals surface area (Å²) in [5, 5.41) is 7.06. The number of hydrogen-bond donors (Lipinski definition) is 2. The van der Waals surface area contributed by atoms with Crippen molar-refractivity contribution in [3.8, 4) is 0 Å². The van der Waals surface area contributed by atoms with Crippen molar-refractivity contribution in [1.29, 1.82) is 0 Å². The van der Waals surface area contributed by atoms with Crippen molar-refractivity contribution in [3.05, 3.63) is 34.6 Å². The van der Waals surface area contributed by atoms with Crippen molar-refractivity contribution >= 4 is 17.6 Å². The monoisotopic (exact) mass is 357 g/mol. The molecule has 136 valence electrons. The van der Waals surface area contributed by atoms with E-state index in [1.165, 1.54) is 12.1 Å². The van der Waals surface area contributed by atoms with E-state index in [-0.39, 0.29) is 11.2 Å². The average Bonchev–Trinajstić information content (AvgIpc) is 2.53. The third-order valence-corrected chi connectivity index (χ3v) is 4.21. The zero-order valence-corrected chi connectivity index (χ0v) is 15.8. The fourth-order valence-electron chi connectivity index (χ4n) is 2.41. The van der Waals surface area contributed by atoms with Gasteiger partial charge in [0.1, 0.15) is 5.82 Å². The molecule has 0 bridgehead atoms. The van der Waals surface area contributed by atoms with E-state index in [9.17, 15) is 4.39 Å². The fraction of sp³-hybridized carbons (Fsp3) is 0.611. The lowest BCUT2D eigenvalue weighted by molar-refractivity contribution is 0.192. The second-order valence-electron chi connectivity index (χ2n) is 6.41. The third-order valence-electron chi connectivity index (χ3n) is 3.90. The van der Waals surface area contributed by atoms with Gasteiger partial charge in [-0.15, -0.1) is 0 Å². The number of halogens is 2. The maximum atomic E-state index is 13.2. The number of rotatable bonds is 9. The van der Waals surface area contributed by atoms with E-state index >= 15 is 0 Å². The molecule has 0 spiro atoms. The minimum Gasteiger partial charge on any atom is -0.385 e. The van der Waals surface area contributed by atoms with E-state index in [2.05, 4.69) is 29.5 Å². The third kappa shape index (κ3) is 7.05. The normalized spacial score (nSPS) is 12.3. The van der Waals surface area contributed by atoms with Crippen LogP contribution in [0.15, 0.2) is 23.2 Å². The number of hydrogen-bond acceptors (Lipinski definition) is 2. The summed E-state index contributed by atoms with van der Waals surface area (Å²) in [6.45, 7) is 6.44. The Balaban J connectivity index is 2.46. The molecule has 0 radical (unpaired) electrons. The van der Waals surface area contributed by atoms with Crippen LogP contribution in [0.1, 0.15) is 38.7 Å². The number of aliphatic imine (C=N–C) groups is 1. The molecule has 1 aromatic carbocycles. The summed E-state index contributed by atoms with van der Waals surface area (Å²) in [5.41, 5.74) is 0.661. The molecule has 0 heterocycles. The molecule has 0 unspecified atom stereocenters. The van der Waals surface area contributed by atoms with Gasteiger partial charge in [-0.2, -0.15) is 0 Å². The molecule has 0 atom stereocenters. The number of nitrogens with one attached hydrogen (secondary N) is 2. The molecule has 4 nitrogen and oxygen atoms in total. The number of guanidine groups is 1. The van der Waals surface area contributed by atoms with Crippen LogP contribution < -0.4 is 10.6 Å². The summed E-state index contributed by atoms with van der Waals surface area (Å²) < 4.78 is 18.3. The first-order chi connectivity index (χ1) is 11.4. The number of unbranched alkanes of at least 4 members (excludes halogenated alkanes) is 2. The Labute approximate surface area is 149 Å². The van der Waals surface area contributed by atoms with Crippen LogP contribution in [-0.4, -0.2) is 39.8 Å². The van der Waals surface area contributed by atoms with Crippen molar-refractivity contribution in [2.24, 2.45) is 4.99 Å². The van der Waals surface area contributed by atoms with Crippen molar-refractivity contribution < 1.29 is 9.13 Å². The Morgan fingerprint density at radius 3 is 2.62 bits per heavy atom. The Bertz CT molecular complexity index is 535. The largest absolute Gasteiger partial charge is 0.385 e. The van der Waals surface area contributed by atoms with Gasteiger partial charge in [0, 0.05) is 44.3 Å². The Hall–Kier alpha value is -1.33. The van der Waals surface area contributed by atoms with Gasteiger partial charge < -0.3 is 15.4 Å². The lowest BCUT2D eigenvalue weighted by atomic mass is 9.84. The van der Waals surface area contributed by atoms with Crippen LogP contribution in [0, 0.1) is 5.82 Å². The second-order valence-corrected chi connectivity index (χ2v) is 6.82. The molecule has 0 saturated heterocycles. The molecule has 24 heavy (non-hydrogen) atoms. The molecular formula is C18H29ClFN3O. The number of ether oxygens (including phenoxy) is 1. The molecule has 0 saturated carbocycles. The quantitative estimate of drug-likeness (QED) is 0.402. The lowest BCUT2D eigenvalue weighted by Gasteiger charge is -2.27. The van der Waals surface area contributed by atoms with Crippen LogP contribution in [0.5, 0.6) is 0 Å². The van der Waals surface area contributed by atoms with Gasteiger partial charge in [0.25, 0.3) is 0 Å². The van der Waals surface area contributed by atoms with Gasteiger partial charge in [-0.05, 0) is 37.0 Å². The predicted octanol–water partition coefficient (Wildman–Crippen LogP) is 3.74. The molecule has 0 amide bonds. The molecule has 1 rings (SSSR count). The molecule has 0 fully saturated rings. The van der Waals surface area contributed by atoms with Gasteiger partial charge in [0.2, 0.25) is 0 Å². The van der Waals surface area contributed by atoms with Crippen LogP contribution in [-0.2, 0) is 10.2 Å². The SMILES string of the molecule is CN=C(NCCCCCOC)NCC(C)(C)c1ccc(F)cc1Cl. The van der Waals surface area contributed by atoms with Crippen LogP contribution in [0.4, 0.5) is 4.39 Å². The van der Waals surface area contributed by atoms with Gasteiger partial charge in [-0.25, -0.2) is 4.39 Å². The zero-order chi connectivity index (χ0) is 18.0. The van der Waals surface area contributed by atoms with Gasteiger partial charge in [-0.3, -0.25) is 4.99 Å². The van der Waals surface area contributed by atoms with Gasteiger partial charge in [-0.1, -0.05) is 31.5 Å². The summed E-state index contributed by atoms with van der Waals surface area (Å²) in [5.74, 6) is 0.437. The highest BCUT2D eigenvalue weighted by Crippen LogP contribution is 2.29. The first kappa shape index (κ1) is 20.7. The first-order valence-electron chi connectivity index (χ1n) is 8.29. The van der Waals surface area contributed by atoms with Crippen LogP contribution >= 0.6 is 11.6 Å². The predicted molar refractivity (Wildman–Crippen MR) is 99.5 cm³/mol. The maximum absolute atomic E-state index is 13.2. The van der Waals surface area contributed by atoms with Gasteiger partial charge in [0.15, 0.2) is 5.96 Å². The molecule has 0 aliphatic heterocycles. The Morgan fingerprint density at radius 1 is 1.25 bits per heavy atom. The summed E-state index contributed by atoms with van der Waals surface area (Å²) in [7, 11) is 3.47. The molecular weight excluding hydrogens is 329 g/mol. The number of nitrogens with zero attached hydrogens (tertiary/aromatic N) is 1. The highest BCUT2D eigenvalue weighted by molar-refractivity contribution is 6.31. The minimum absolute atomic E-state index is 0.249. The lowest BCUT2D eigenvalue weighted by Crippen LogP contribution is -2.43. The van der Waals surface area contributed by atoms with Crippen molar-refractivity contribution in [2.75, 3.05) is 33.9 Å². The van der Waals surface area contributed by atoms with E-state index in [4.69, 9.17) is 16.3 Å². The van der Waals surface area contributed by atoms with Crippen molar-refractivity contribution in [1.82, 2.24) is 10.6 Å². The molecule has 1 aromatic rings. The molecule has 0 aliphatic rings. The van der Waals surface area contributed by atoms with Gasteiger partial charge in [0.05, 0.1) is 0 Å². The highest BCUT2D eigenvalue weighted by Gasteiger charge is 2.23. The highest BCUT2D eigenvalue weighted by atomic mass is 35.5. The summed E-state index contributed by atoms with van der Waals surface area (Å²) in [4.78, 5) is 4.23. The second kappa shape index (κ2) is 10.5. The maximum Gasteiger partial charge on any atom is 0.191 e. The van der Waals surface area contributed by atoms with Crippen LogP contribution in [0.25, 0.3) is 0 Å². The molecule has 6 heteroatoms. The van der Waals surface area contributed by atoms with Crippen molar-refractivity contribution in [3.63, 3.8) is 0 Å². The summed E-state index contributed by atoms with van der Waals surface area (Å²) in [6, 6.07) is 4.53. The first-order valence-corrected chi connectivity index (χ1v) is 8.67. The van der Waals surface area contributed by atoms with Crippen LogP contribution in [0.2, 0.25) is 5.02 Å². The van der Waals surface area contributed by atoms with E-state index in [1.54, 1.807) is 20.2 Å². The van der Waals surface area contributed by atoms with Gasteiger partial charge >= 0.3 is 0 Å². The Kier molecular flexibility index (Phi) is 9.08.